The summed E-state index contributed by atoms with van der Waals surface area (Å²) >= 11 is 0. The van der Waals surface area contributed by atoms with E-state index in [1.165, 1.54) is 0 Å². The molecule has 14 heavy (non-hydrogen) atoms. The molecule has 0 aliphatic heterocycles. The molecular formula is C6H4F3NO3S. The molecule has 0 fully saturated rings. The SMILES string of the molecule is FC(F)(F)c1ccncc1.O=S(=O)=O. The Morgan fingerprint density at radius 3 is 1.64 bits per heavy atom. The van der Waals surface area contributed by atoms with Gasteiger partial charge in [0.05, 0.1) is 5.56 Å². The van der Waals surface area contributed by atoms with Crippen LogP contribution in [0.15, 0.2) is 24.5 Å². The molecule has 78 valence electrons. The Kier molecular flexibility index (Phi) is 4.78. The average molecular weight is 227 g/mol. The molecule has 0 unspecified atom stereocenters. The van der Waals surface area contributed by atoms with Gasteiger partial charge in [-0.05, 0) is 12.1 Å². The summed E-state index contributed by atoms with van der Waals surface area (Å²) in [4.78, 5) is 3.46. The van der Waals surface area contributed by atoms with Crippen molar-refractivity contribution in [3.05, 3.63) is 30.1 Å². The van der Waals surface area contributed by atoms with Crippen molar-refractivity contribution in [1.29, 1.82) is 0 Å². The number of nitrogens with zero attached hydrogens (tertiary/aromatic N) is 1. The van der Waals surface area contributed by atoms with E-state index in [1.807, 2.05) is 0 Å². The summed E-state index contributed by atoms with van der Waals surface area (Å²) in [6, 6.07) is 1.86. The molecule has 0 aliphatic rings. The van der Waals surface area contributed by atoms with E-state index in [-0.39, 0.29) is 0 Å². The maximum atomic E-state index is 11.8. The average Bonchev–Trinajstić information content (AvgIpc) is 2.03. The highest BCUT2D eigenvalue weighted by molar-refractivity contribution is 7.59. The van der Waals surface area contributed by atoms with Crippen molar-refractivity contribution in [2.24, 2.45) is 0 Å². The first kappa shape index (κ1) is 12.6. The standard InChI is InChI=1S/C6H4F3N.O3S/c7-6(8,9)5-1-3-10-4-2-5;1-4(2)3/h1-4H;. The summed E-state index contributed by atoms with van der Waals surface area (Å²) in [5.74, 6) is 0. The van der Waals surface area contributed by atoms with Crippen LogP contribution in [-0.2, 0) is 16.8 Å². The number of hydrogen-bond donors (Lipinski definition) is 0. The van der Waals surface area contributed by atoms with E-state index < -0.39 is 22.3 Å². The van der Waals surface area contributed by atoms with Gasteiger partial charge in [0.25, 0.3) is 0 Å². The Bertz CT molecular complexity index is 365. The highest BCUT2D eigenvalue weighted by Crippen LogP contribution is 2.27. The maximum Gasteiger partial charge on any atom is 0.425 e. The van der Waals surface area contributed by atoms with Gasteiger partial charge in [0.2, 0.25) is 0 Å². The summed E-state index contributed by atoms with van der Waals surface area (Å²) in [6.45, 7) is 0. The van der Waals surface area contributed by atoms with E-state index in [0.717, 1.165) is 24.5 Å². The molecule has 0 aromatic carbocycles. The van der Waals surface area contributed by atoms with Crippen LogP contribution in [0.3, 0.4) is 0 Å². The highest BCUT2D eigenvalue weighted by Gasteiger charge is 2.29. The fourth-order valence-corrected chi connectivity index (χ4v) is 0.541. The molecule has 4 nitrogen and oxygen atoms in total. The Morgan fingerprint density at radius 2 is 1.43 bits per heavy atom. The second kappa shape index (κ2) is 5.32. The Balaban J connectivity index is 0.000000364. The van der Waals surface area contributed by atoms with E-state index in [4.69, 9.17) is 12.6 Å². The van der Waals surface area contributed by atoms with Gasteiger partial charge in [0.15, 0.2) is 0 Å². The fraction of sp³-hybridized carbons (Fsp3) is 0.167. The molecule has 8 heteroatoms. The van der Waals surface area contributed by atoms with E-state index in [2.05, 4.69) is 4.98 Å². The lowest BCUT2D eigenvalue weighted by Crippen LogP contribution is -2.03. The number of aromatic nitrogens is 1. The first-order valence-electron chi connectivity index (χ1n) is 3.08. The Morgan fingerprint density at radius 1 is 1.07 bits per heavy atom. The van der Waals surface area contributed by atoms with Gasteiger partial charge in [0, 0.05) is 12.4 Å². The minimum Gasteiger partial charge on any atom is -0.265 e. The van der Waals surface area contributed by atoms with Crippen LogP contribution in [-0.4, -0.2) is 17.6 Å². The Hall–Kier alpha value is -1.44. The molecule has 0 aliphatic carbocycles. The van der Waals surface area contributed by atoms with Gasteiger partial charge in [-0.2, -0.15) is 13.2 Å². The molecular weight excluding hydrogens is 223 g/mol. The van der Waals surface area contributed by atoms with Crippen molar-refractivity contribution in [2.45, 2.75) is 6.18 Å². The van der Waals surface area contributed by atoms with Crippen LogP contribution in [0.4, 0.5) is 13.2 Å². The van der Waals surface area contributed by atoms with Gasteiger partial charge in [-0.3, -0.25) is 4.98 Å². The maximum absolute atomic E-state index is 11.8. The molecule has 0 radical (unpaired) electrons. The second-order valence-corrected chi connectivity index (χ2v) is 2.35. The summed E-state index contributed by atoms with van der Waals surface area (Å²) in [6.07, 6.45) is -2.02. The predicted octanol–water partition coefficient (Wildman–Crippen LogP) is 1.10. The summed E-state index contributed by atoms with van der Waals surface area (Å²) in [5.41, 5.74) is -0.664. The molecule has 0 saturated heterocycles. The molecule has 0 N–H and O–H groups in total. The third-order valence-corrected chi connectivity index (χ3v) is 1.01. The zero-order valence-electron chi connectivity index (χ0n) is 6.52. The van der Waals surface area contributed by atoms with Crippen molar-refractivity contribution in [2.75, 3.05) is 0 Å². The van der Waals surface area contributed by atoms with Gasteiger partial charge in [0.1, 0.15) is 0 Å². The van der Waals surface area contributed by atoms with Crippen molar-refractivity contribution >= 4 is 10.6 Å². The van der Waals surface area contributed by atoms with Gasteiger partial charge in [-0.1, -0.05) is 0 Å². The van der Waals surface area contributed by atoms with Gasteiger partial charge in [-0.15, -0.1) is 12.6 Å². The summed E-state index contributed by atoms with van der Waals surface area (Å²) in [5, 5.41) is 0. The quantitative estimate of drug-likeness (QED) is 0.665. The molecule has 0 bridgehead atoms. The summed E-state index contributed by atoms with van der Waals surface area (Å²) < 4.78 is 60.6. The van der Waals surface area contributed by atoms with Crippen molar-refractivity contribution in [1.82, 2.24) is 4.98 Å². The van der Waals surface area contributed by atoms with Gasteiger partial charge >= 0.3 is 16.8 Å². The second-order valence-electron chi connectivity index (χ2n) is 1.94. The van der Waals surface area contributed by atoms with Crippen LogP contribution in [0.5, 0.6) is 0 Å². The minimum absolute atomic E-state index is 0.664. The molecule has 1 heterocycles. The first-order valence-corrected chi connectivity index (χ1v) is 4.08. The lowest BCUT2D eigenvalue weighted by Gasteiger charge is -2.03. The lowest BCUT2D eigenvalue weighted by molar-refractivity contribution is -0.137. The van der Waals surface area contributed by atoms with E-state index in [9.17, 15) is 13.2 Å². The largest absolute Gasteiger partial charge is 0.425 e. The molecule has 0 spiro atoms. The monoisotopic (exact) mass is 227 g/mol. The lowest BCUT2D eigenvalue weighted by atomic mass is 10.3. The van der Waals surface area contributed by atoms with E-state index in [0.29, 0.717) is 0 Å². The number of halogens is 3. The van der Waals surface area contributed by atoms with E-state index in [1.54, 1.807) is 0 Å². The van der Waals surface area contributed by atoms with Crippen LogP contribution in [0, 0.1) is 0 Å². The fourth-order valence-electron chi connectivity index (χ4n) is 0.541. The highest BCUT2D eigenvalue weighted by atomic mass is 32.2. The molecule has 0 saturated carbocycles. The van der Waals surface area contributed by atoms with Crippen molar-refractivity contribution in [3.63, 3.8) is 0 Å². The topological polar surface area (TPSA) is 64.1 Å². The number of rotatable bonds is 0. The van der Waals surface area contributed by atoms with Crippen molar-refractivity contribution < 1.29 is 25.8 Å². The molecule has 1 rings (SSSR count). The normalized spacial score (nSPS) is 9.93. The minimum atomic E-state index is -4.25. The van der Waals surface area contributed by atoms with Crippen LogP contribution in [0.25, 0.3) is 0 Å². The zero-order valence-corrected chi connectivity index (χ0v) is 7.34. The third kappa shape index (κ3) is 6.12. The number of alkyl halides is 3. The molecule has 0 amide bonds. The number of pyridine rings is 1. The van der Waals surface area contributed by atoms with Crippen LogP contribution in [0.2, 0.25) is 0 Å². The predicted molar refractivity (Wildman–Crippen MR) is 38.9 cm³/mol. The molecule has 1 aromatic heterocycles. The molecule has 1 aromatic rings. The van der Waals surface area contributed by atoms with Crippen LogP contribution < -0.4 is 0 Å². The Labute approximate surface area is 78.5 Å². The van der Waals surface area contributed by atoms with E-state index >= 15 is 0 Å². The zero-order chi connectivity index (χ0) is 11.2. The first-order chi connectivity index (χ1) is 6.34. The van der Waals surface area contributed by atoms with Crippen LogP contribution in [0.1, 0.15) is 5.56 Å². The van der Waals surface area contributed by atoms with Gasteiger partial charge < -0.3 is 0 Å². The summed E-state index contributed by atoms with van der Waals surface area (Å²) in [7, 11) is -3.11. The van der Waals surface area contributed by atoms with Crippen molar-refractivity contribution in [3.8, 4) is 0 Å². The third-order valence-electron chi connectivity index (χ3n) is 1.01. The number of hydrogen-bond acceptors (Lipinski definition) is 4. The molecule has 0 atom stereocenters. The van der Waals surface area contributed by atoms with Crippen LogP contribution >= 0.6 is 0 Å². The smallest absolute Gasteiger partial charge is 0.265 e. The van der Waals surface area contributed by atoms with Gasteiger partial charge in [-0.25, -0.2) is 0 Å².